The van der Waals surface area contributed by atoms with E-state index in [0.717, 1.165) is 16.8 Å². The number of likely N-dealkylation sites (tertiary alicyclic amines) is 1. The Kier molecular flexibility index (Phi) is 5.41. The van der Waals surface area contributed by atoms with Crippen LogP contribution in [-0.4, -0.2) is 59.0 Å². The number of hydrogen-bond donors (Lipinski definition) is 2. The summed E-state index contributed by atoms with van der Waals surface area (Å²) in [6, 6.07) is 13.1. The number of fused-ring (bicyclic) bond motifs is 2. The summed E-state index contributed by atoms with van der Waals surface area (Å²) in [5, 5.41) is 7.44. The second-order valence-electron chi connectivity index (χ2n) is 9.68. The molecule has 8 nitrogen and oxygen atoms in total. The van der Waals surface area contributed by atoms with E-state index in [1.165, 1.54) is 12.4 Å². The lowest BCUT2D eigenvalue weighted by Crippen LogP contribution is -2.24. The van der Waals surface area contributed by atoms with E-state index >= 15 is 4.39 Å². The molecule has 39 heavy (non-hydrogen) atoms. The molecule has 5 aromatic heterocycles. The van der Waals surface area contributed by atoms with Crippen molar-refractivity contribution in [1.29, 1.82) is 0 Å². The molecule has 1 aromatic carbocycles. The van der Waals surface area contributed by atoms with Crippen LogP contribution in [0.2, 0.25) is 0 Å². The Bertz CT molecular complexity index is 1830. The van der Waals surface area contributed by atoms with E-state index in [0.29, 0.717) is 46.8 Å². The molecule has 0 saturated carbocycles. The van der Waals surface area contributed by atoms with Gasteiger partial charge in [0.15, 0.2) is 11.6 Å². The van der Waals surface area contributed by atoms with Crippen LogP contribution < -0.4 is 0 Å². The van der Waals surface area contributed by atoms with Crippen LogP contribution in [0.1, 0.15) is 12.0 Å². The number of rotatable bonds is 5. The summed E-state index contributed by atoms with van der Waals surface area (Å²) < 4.78 is 43.3. The molecular weight excluding hydrogens is 505 g/mol. The molecule has 1 fully saturated rings. The van der Waals surface area contributed by atoms with Gasteiger partial charge in [-0.2, -0.15) is 5.10 Å². The van der Waals surface area contributed by atoms with Gasteiger partial charge in [0.2, 0.25) is 0 Å². The average Bonchev–Trinajstić information content (AvgIpc) is 3.65. The molecule has 11 heteroatoms. The molecule has 0 radical (unpaired) electrons. The molecule has 0 aliphatic carbocycles. The van der Waals surface area contributed by atoms with Crippen molar-refractivity contribution in [3.63, 3.8) is 0 Å². The zero-order valence-corrected chi connectivity index (χ0v) is 20.5. The van der Waals surface area contributed by atoms with Crippen molar-refractivity contribution in [1.82, 2.24) is 40.0 Å². The van der Waals surface area contributed by atoms with Crippen LogP contribution in [0.25, 0.3) is 56.0 Å². The van der Waals surface area contributed by atoms with Gasteiger partial charge in [-0.3, -0.25) is 25.0 Å². The van der Waals surface area contributed by atoms with Gasteiger partial charge in [0.05, 0.1) is 40.4 Å². The maximum absolute atomic E-state index is 16.1. The number of pyridine rings is 3. The average molecular weight is 527 g/mol. The summed E-state index contributed by atoms with van der Waals surface area (Å²) in [6.07, 6.45) is 6.19. The van der Waals surface area contributed by atoms with Gasteiger partial charge in [-0.1, -0.05) is 18.2 Å². The molecular formula is C28H21F3N8. The topological polar surface area (TPSA) is 99.3 Å². The molecule has 0 spiro atoms. The number of imidazole rings is 1. The van der Waals surface area contributed by atoms with Crippen LogP contribution in [0, 0.1) is 5.82 Å². The second-order valence-corrected chi connectivity index (χ2v) is 9.68. The summed E-state index contributed by atoms with van der Waals surface area (Å²) in [7, 11) is 0. The number of aromatic nitrogens is 7. The highest BCUT2D eigenvalue weighted by Crippen LogP contribution is 2.34. The van der Waals surface area contributed by atoms with Gasteiger partial charge in [0.1, 0.15) is 11.4 Å². The molecule has 0 amide bonds. The summed E-state index contributed by atoms with van der Waals surface area (Å²) in [6.45, 7) is 0.302. The van der Waals surface area contributed by atoms with E-state index in [-0.39, 0.29) is 24.0 Å². The molecule has 1 aliphatic rings. The summed E-state index contributed by atoms with van der Waals surface area (Å²) in [5.74, 6) is -2.86. The number of hydrogen-bond acceptors (Lipinski definition) is 6. The summed E-state index contributed by atoms with van der Waals surface area (Å²) >= 11 is 0. The monoisotopic (exact) mass is 526 g/mol. The Morgan fingerprint density at radius 3 is 2.72 bits per heavy atom. The van der Waals surface area contributed by atoms with Gasteiger partial charge in [-0.05, 0) is 29.8 Å². The number of benzene rings is 1. The lowest BCUT2D eigenvalue weighted by Gasteiger charge is -2.15. The van der Waals surface area contributed by atoms with Crippen LogP contribution in [0.3, 0.4) is 0 Å². The zero-order valence-electron chi connectivity index (χ0n) is 20.5. The number of halogens is 3. The summed E-state index contributed by atoms with van der Waals surface area (Å²) in [4.78, 5) is 22.7. The second kappa shape index (κ2) is 8.98. The van der Waals surface area contributed by atoms with Gasteiger partial charge in [-0.25, -0.2) is 18.2 Å². The Labute approximate surface area is 220 Å². The van der Waals surface area contributed by atoms with Gasteiger partial charge in [0, 0.05) is 49.2 Å². The predicted octanol–water partition coefficient (Wildman–Crippen LogP) is 5.61. The van der Waals surface area contributed by atoms with Crippen molar-refractivity contribution >= 4 is 21.9 Å². The Morgan fingerprint density at radius 1 is 0.974 bits per heavy atom. The van der Waals surface area contributed by atoms with Crippen molar-refractivity contribution in [3.05, 3.63) is 78.6 Å². The highest BCUT2D eigenvalue weighted by atomic mass is 19.3. The third-order valence-electron chi connectivity index (χ3n) is 6.95. The SMILES string of the molecule is Fc1c(-c2cncc(CN3CCC(F)(F)C3)c2)ncc2[nH]nc(-c3nc4c(-c5ccccn5)cccc4[nH]3)c12. The van der Waals surface area contributed by atoms with Crippen LogP contribution in [-0.2, 0) is 6.54 Å². The fourth-order valence-corrected chi connectivity index (χ4v) is 5.12. The molecule has 1 saturated heterocycles. The minimum absolute atomic E-state index is 0.0940. The van der Waals surface area contributed by atoms with Crippen LogP contribution in [0.15, 0.2) is 67.3 Å². The Balaban J connectivity index is 1.28. The first-order valence-corrected chi connectivity index (χ1v) is 12.4. The lowest BCUT2D eigenvalue weighted by atomic mass is 10.1. The first-order valence-electron chi connectivity index (χ1n) is 12.4. The molecule has 6 aromatic rings. The quantitative estimate of drug-likeness (QED) is 0.303. The van der Waals surface area contributed by atoms with E-state index in [4.69, 9.17) is 4.98 Å². The maximum Gasteiger partial charge on any atom is 0.261 e. The first kappa shape index (κ1) is 23.5. The number of nitrogens with zero attached hydrogens (tertiary/aromatic N) is 6. The highest BCUT2D eigenvalue weighted by molar-refractivity contribution is 5.97. The molecule has 6 heterocycles. The third-order valence-corrected chi connectivity index (χ3v) is 6.95. The van der Waals surface area contributed by atoms with Gasteiger partial charge >= 0.3 is 0 Å². The molecule has 0 unspecified atom stereocenters. The van der Waals surface area contributed by atoms with Crippen molar-refractivity contribution in [3.8, 4) is 34.0 Å². The number of H-pyrrole nitrogens is 2. The predicted molar refractivity (Wildman–Crippen MR) is 140 cm³/mol. The maximum atomic E-state index is 16.1. The third kappa shape index (κ3) is 4.20. The minimum atomic E-state index is -2.68. The van der Waals surface area contributed by atoms with E-state index < -0.39 is 11.7 Å². The van der Waals surface area contributed by atoms with E-state index in [1.54, 1.807) is 23.4 Å². The highest BCUT2D eigenvalue weighted by Gasteiger charge is 2.38. The number of nitrogens with one attached hydrogen (secondary N) is 2. The Hall–Kier alpha value is -4.64. The van der Waals surface area contributed by atoms with Crippen molar-refractivity contribution in [2.45, 2.75) is 18.9 Å². The number of aromatic amines is 2. The normalized spacial score (nSPS) is 15.5. The fourth-order valence-electron chi connectivity index (χ4n) is 5.12. The fraction of sp³-hybridized carbons (Fsp3) is 0.179. The number of para-hydroxylation sites is 1. The Morgan fingerprint density at radius 2 is 1.90 bits per heavy atom. The van der Waals surface area contributed by atoms with E-state index in [1.807, 2.05) is 36.4 Å². The largest absolute Gasteiger partial charge is 0.337 e. The van der Waals surface area contributed by atoms with Gasteiger partial charge in [-0.15, -0.1) is 0 Å². The smallest absolute Gasteiger partial charge is 0.261 e. The van der Waals surface area contributed by atoms with Crippen LogP contribution in [0.5, 0.6) is 0 Å². The van der Waals surface area contributed by atoms with Crippen LogP contribution in [0.4, 0.5) is 13.2 Å². The van der Waals surface area contributed by atoms with Crippen molar-refractivity contribution < 1.29 is 13.2 Å². The molecule has 7 rings (SSSR count). The molecule has 194 valence electrons. The zero-order chi connectivity index (χ0) is 26.6. The molecule has 0 atom stereocenters. The molecule has 2 N–H and O–H groups in total. The van der Waals surface area contributed by atoms with E-state index in [9.17, 15) is 8.78 Å². The van der Waals surface area contributed by atoms with Crippen molar-refractivity contribution in [2.24, 2.45) is 0 Å². The first-order chi connectivity index (χ1) is 18.9. The number of alkyl halides is 2. The van der Waals surface area contributed by atoms with Crippen LogP contribution >= 0.6 is 0 Å². The van der Waals surface area contributed by atoms with Gasteiger partial charge < -0.3 is 4.98 Å². The van der Waals surface area contributed by atoms with Gasteiger partial charge in [0.25, 0.3) is 5.92 Å². The minimum Gasteiger partial charge on any atom is -0.337 e. The van der Waals surface area contributed by atoms with Crippen molar-refractivity contribution in [2.75, 3.05) is 13.1 Å². The molecule has 1 aliphatic heterocycles. The van der Waals surface area contributed by atoms with E-state index in [2.05, 4.69) is 30.1 Å². The molecule has 0 bridgehead atoms. The standard InChI is InChI=1S/C28H21F3N8/c29-23-22-21(13-34-24(23)17-10-16(11-32-12-17)14-39-9-7-28(30,31)15-39)37-38-26(22)27-35-20-6-3-4-18(25(20)36-27)19-5-1-2-8-33-19/h1-6,8,10-13H,7,9,14-15H2,(H,35,36)(H,37,38). The lowest BCUT2D eigenvalue weighted by molar-refractivity contribution is 0.0115. The summed E-state index contributed by atoms with van der Waals surface area (Å²) in [5.41, 5.74) is 5.07.